The number of hydrogen-bond acceptors (Lipinski definition) is 4. The quantitative estimate of drug-likeness (QED) is 0.745. The summed E-state index contributed by atoms with van der Waals surface area (Å²) in [7, 11) is 1.65. The van der Waals surface area contributed by atoms with Crippen LogP contribution in [0.25, 0.3) is 0 Å². The van der Waals surface area contributed by atoms with Crippen LogP contribution in [0, 0.1) is 0 Å². The number of nitrogens with zero attached hydrogens (tertiary/aromatic N) is 1. The number of nitrogen functional groups attached to an aromatic ring is 1. The summed E-state index contributed by atoms with van der Waals surface area (Å²) >= 11 is 0. The Bertz CT molecular complexity index is 831. The average Bonchev–Trinajstić information content (AvgIpc) is 3.34. The molecule has 2 fully saturated rings. The summed E-state index contributed by atoms with van der Waals surface area (Å²) in [5.41, 5.74) is 8.55. The fourth-order valence-electron chi connectivity index (χ4n) is 3.95. The first-order chi connectivity index (χ1) is 13.6. The van der Waals surface area contributed by atoms with Gasteiger partial charge in [0.25, 0.3) is 0 Å². The lowest BCUT2D eigenvalue weighted by Crippen LogP contribution is -2.27. The molecular weight excluding hydrogens is 354 g/mol. The van der Waals surface area contributed by atoms with E-state index in [4.69, 9.17) is 15.2 Å². The molecule has 0 bridgehead atoms. The van der Waals surface area contributed by atoms with Crippen molar-refractivity contribution in [2.24, 2.45) is 0 Å². The van der Waals surface area contributed by atoms with Crippen LogP contribution in [-0.4, -0.2) is 30.7 Å². The number of rotatable bonds is 6. The minimum atomic E-state index is -0.0712. The smallest absolute Gasteiger partial charge is 0.318 e. The van der Waals surface area contributed by atoms with Crippen LogP contribution in [0.4, 0.5) is 10.5 Å². The van der Waals surface area contributed by atoms with E-state index in [1.165, 1.54) is 12.8 Å². The second-order valence-electron chi connectivity index (χ2n) is 7.56. The largest absolute Gasteiger partial charge is 0.493 e. The van der Waals surface area contributed by atoms with Gasteiger partial charge in [-0.2, -0.15) is 0 Å². The van der Waals surface area contributed by atoms with E-state index in [9.17, 15) is 4.79 Å². The zero-order chi connectivity index (χ0) is 19.5. The summed E-state index contributed by atoms with van der Waals surface area (Å²) in [5.74, 6) is 1.50. The van der Waals surface area contributed by atoms with Gasteiger partial charge in [-0.25, -0.2) is 4.79 Å². The Labute approximate surface area is 165 Å². The van der Waals surface area contributed by atoms with Crippen molar-refractivity contribution in [3.05, 3.63) is 53.6 Å². The van der Waals surface area contributed by atoms with Gasteiger partial charge in [0.05, 0.1) is 19.3 Å². The van der Waals surface area contributed by atoms with Gasteiger partial charge in [0, 0.05) is 18.8 Å². The Morgan fingerprint density at radius 3 is 2.57 bits per heavy atom. The third-order valence-electron chi connectivity index (χ3n) is 5.53. The van der Waals surface area contributed by atoms with Crippen molar-refractivity contribution in [2.75, 3.05) is 19.4 Å². The molecule has 2 aromatic carbocycles. The summed E-state index contributed by atoms with van der Waals surface area (Å²) in [6.45, 7) is 1.17. The highest BCUT2D eigenvalue weighted by atomic mass is 16.5. The number of carbonyl (C=O) groups excluding carboxylic acids is 1. The van der Waals surface area contributed by atoms with Gasteiger partial charge >= 0.3 is 6.03 Å². The van der Waals surface area contributed by atoms with Crippen molar-refractivity contribution < 1.29 is 14.3 Å². The fraction of sp³-hybridized carbons (Fsp3) is 0.409. The van der Waals surface area contributed by atoms with Gasteiger partial charge in [0.15, 0.2) is 11.5 Å². The van der Waals surface area contributed by atoms with Crippen molar-refractivity contribution >= 4 is 11.7 Å². The van der Waals surface area contributed by atoms with Crippen LogP contribution >= 0.6 is 0 Å². The van der Waals surface area contributed by atoms with Crippen molar-refractivity contribution in [1.82, 2.24) is 10.2 Å². The van der Waals surface area contributed by atoms with Crippen molar-refractivity contribution in [3.63, 3.8) is 0 Å². The summed E-state index contributed by atoms with van der Waals surface area (Å²) in [5, 5.41) is 3.08. The Balaban J connectivity index is 1.47. The van der Waals surface area contributed by atoms with Crippen LogP contribution in [0.2, 0.25) is 0 Å². The molecule has 1 heterocycles. The van der Waals surface area contributed by atoms with Gasteiger partial charge in [-0.05, 0) is 61.1 Å². The molecule has 1 unspecified atom stereocenters. The van der Waals surface area contributed by atoms with Gasteiger partial charge in [0.1, 0.15) is 0 Å². The molecule has 1 atom stereocenters. The maximum absolute atomic E-state index is 12.5. The molecule has 6 heteroatoms. The number of benzene rings is 2. The lowest BCUT2D eigenvalue weighted by atomic mass is 10.1. The lowest BCUT2D eigenvalue weighted by molar-refractivity contribution is 0.200. The third-order valence-corrected chi connectivity index (χ3v) is 5.53. The standard InChI is InChI=1S/C22H27N3O3/c1-27-20-11-8-16(12-21(20)28-18-4-2-3-5-18)19-14-25(22(26)24-19)13-15-6-9-17(23)10-7-15/h6-12,18-19H,2-5,13-14,23H2,1H3,(H,24,26). The highest BCUT2D eigenvalue weighted by molar-refractivity contribution is 5.77. The zero-order valence-corrected chi connectivity index (χ0v) is 16.2. The Morgan fingerprint density at radius 1 is 1.11 bits per heavy atom. The predicted molar refractivity (Wildman–Crippen MR) is 108 cm³/mol. The summed E-state index contributed by atoms with van der Waals surface area (Å²) in [6.07, 6.45) is 4.85. The van der Waals surface area contributed by atoms with Gasteiger partial charge in [-0.1, -0.05) is 18.2 Å². The van der Waals surface area contributed by atoms with Gasteiger partial charge < -0.3 is 25.4 Å². The van der Waals surface area contributed by atoms with E-state index < -0.39 is 0 Å². The molecule has 1 saturated carbocycles. The Hall–Kier alpha value is -2.89. The van der Waals surface area contributed by atoms with Crippen LogP contribution in [0.15, 0.2) is 42.5 Å². The first-order valence-electron chi connectivity index (χ1n) is 9.87. The number of ether oxygens (including phenoxy) is 2. The molecule has 2 aromatic rings. The van der Waals surface area contributed by atoms with Crippen LogP contribution in [0.5, 0.6) is 11.5 Å². The van der Waals surface area contributed by atoms with Gasteiger partial charge in [-0.15, -0.1) is 0 Å². The number of amides is 2. The van der Waals surface area contributed by atoms with E-state index in [1.54, 1.807) is 7.11 Å². The van der Waals surface area contributed by atoms with Crippen LogP contribution in [-0.2, 0) is 6.54 Å². The molecule has 0 radical (unpaired) electrons. The molecule has 28 heavy (non-hydrogen) atoms. The van der Waals surface area contributed by atoms with Gasteiger partial charge in [-0.3, -0.25) is 0 Å². The predicted octanol–water partition coefficient (Wildman–Crippen LogP) is 3.87. The van der Waals surface area contributed by atoms with E-state index in [2.05, 4.69) is 5.32 Å². The molecule has 0 spiro atoms. The molecule has 4 rings (SSSR count). The second-order valence-corrected chi connectivity index (χ2v) is 7.56. The molecule has 0 aromatic heterocycles. The van der Waals surface area contributed by atoms with E-state index >= 15 is 0 Å². The maximum atomic E-state index is 12.5. The first-order valence-corrected chi connectivity index (χ1v) is 9.87. The van der Waals surface area contributed by atoms with Crippen LogP contribution in [0.1, 0.15) is 42.9 Å². The molecule has 2 aliphatic rings. The number of methoxy groups -OCH3 is 1. The van der Waals surface area contributed by atoms with E-state index in [1.807, 2.05) is 47.4 Å². The Morgan fingerprint density at radius 2 is 1.86 bits per heavy atom. The lowest BCUT2D eigenvalue weighted by Gasteiger charge is -2.19. The third kappa shape index (κ3) is 4.01. The summed E-state index contributed by atoms with van der Waals surface area (Å²) in [6, 6.07) is 13.4. The molecule has 2 amide bonds. The minimum Gasteiger partial charge on any atom is -0.493 e. The van der Waals surface area contributed by atoms with Gasteiger partial charge in [0.2, 0.25) is 0 Å². The fourth-order valence-corrected chi connectivity index (χ4v) is 3.95. The molecule has 1 aliphatic carbocycles. The van der Waals surface area contributed by atoms with E-state index in [0.29, 0.717) is 13.1 Å². The highest BCUT2D eigenvalue weighted by Gasteiger charge is 2.30. The van der Waals surface area contributed by atoms with Crippen molar-refractivity contribution in [2.45, 2.75) is 44.4 Å². The number of anilines is 1. The summed E-state index contributed by atoms with van der Waals surface area (Å²) in [4.78, 5) is 14.3. The highest BCUT2D eigenvalue weighted by Crippen LogP contribution is 2.35. The number of hydrogen-bond donors (Lipinski definition) is 2. The topological polar surface area (TPSA) is 76.8 Å². The molecule has 1 saturated heterocycles. The minimum absolute atomic E-state index is 0.0593. The molecule has 148 valence electrons. The number of nitrogens with two attached hydrogens (primary N) is 1. The van der Waals surface area contributed by atoms with E-state index in [-0.39, 0.29) is 18.2 Å². The number of nitrogens with one attached hydrogen (secondary N) is 1. The average molecular weight is 381 g/mol. The summed E-state index contributed by atoms with van der Waals surface area (Å²) < 4.78 is 11.7. The maximum Gasteiger partial charge on any atom is 0.318 e. The van der Waals surface area contributed by atoms with E-state index in [0.717, 1.165) is 41.2 Å². The first kappa shape index (κ1) is 18.5. The normalized spacial score (nSPS) is 19.7. The SMILES string of the molecule is COc1ccc(C2CN(Cc3ccc(N)cc3)C(=O)N2)cc1OC1CCCC1. The molecule has 3 N–H and O–H groups in total. The van der Waals surface area contributed by atoms with Crippen molar-refractivity contribution in [1.29, 1.82) is 0 Å². The van der Waals surface area contributed by atoms with Crippen molar-refractivity contribution in [3.8, 4) is 11.5 Å². The molecular formula is C22H27N3O3. The molecule has 1 aliphatic heterocycles. The second kappa shape index (κ2) is 8.00. The van der Waals surface area contributed by atoms with Crippen LogP contribution in [0.3, 0.4) is 0 Å². The molecule has 6 nitrogen and oxygen atoms in total. The zero-order valence-electron chi connectivity index (χ0n) is 16.2. The van der Waals surface area contributed by atoms with Crippen LogP contribution < -0.4 is 20.5 Å². The number of urea groups is 1. The number of carbonyl (C=O) groups is 1. The monoisotopic (exact) mass is 381 g/mol. The Kier molecular flexibility index (Phi) is 5.28.